The summed E-state index contributed by atoms with van der Waals surface area (Å²) in [6, 6.07) is 11.8. The largest absolute Gasteiger partial charge is 0.483 e. The molecule has 2 aromatic rings. The van der Waals surface area contributed by atoms with Gasteiger partial charge in [0, 0.05) is 29.8 Å². The zero-order chi connectivity index (χ0) is 16.2. The molecule has 1 aliphatic heterocycles. The van der Waals surface area contributed by atoms with Crippen molar-refractivity contribution in [2.45, 2.75) is 32.2 Å². The Bertz CT molecular complexity index is 726. The lowest BCUT2D eigenvalue weighted by Gasteiger charge is -2.33. The van der Waals surface area contributed by atoms with Crippen LogP contribution in [0.2, 0.25) is 0 Å². The highest BCUT2D eigenvalue weighted by atomic mass is 16.5. The van der Waals surface area contributed by atoms with Crippen LogP contribution in [0.4, 0.5) is 0 Å². The predicted octanol–water partition coefficient (Wildman–Crippen LogP) is 3.62. The van der Waals surface area contributed by atoms with Gasteiger partial charge in [0.15, 0.2) is 6.61 Å². The molecule has 4 heteroatoms. The zero-order valence-corrected chi connectivity index (χ0v) is 13.4. The van der Waals surface area contributed by atoms with E-state index in [9.17, 15) is 4.79 Å². The van der Waals surface area contributed by atoms with Crippen molar-refractivity contribution in [3.63, 3.8) is 0 Å². The summed E-state index contributed by atoms with van der Waals surface area (Å²) >= 11 is 0. The molecule has 0 aliphatic carbocycles. The van der Waals surface area contributed by atoms with Gasteiger partial charge in [-0.25, -0.2) is 0 Å². The summed E-state index contributed by atoms with van der Waals surface area (Å²) in [5.74, 6) is 0.752. The van der Waals surface area contributed by atoms with Gasteiger partial charge in [-0.1, -0.05) is 24.3 Å². The lowest BCUT2D eigenvalue weighted by atomic mass is 10.0. The lowest BCUT2D eigenvalue weighted by molar-refractivity contribution is -0.136. The molecule has 1 heterocycles. The number of nitrogens with zero attached hydrogens (tertiary/aromatic N) is 1. The molecule has 1 aliphatic rings. The number of hydrogen-bond acceptors (Lipinski definition) is 3. The van der Waals surface area contributed by atoms with E-state index in [1.54, 1.807) is 0 Å². The minimum atomic E-state index is 0.0532. The Morgan fingerprint density at radius 1 is 1.26 bits per heavy atom. The van der Waals surface area contributed by atoms with Gasteiger partial charge in [-0.3, -0.25) is 4.79 Å². The molecule has 0 saturated carbocycles. The summed E-state index contributed by atoms with van der Waals surface area (Å²) in [5.41, 5.74) is 0.851. The summed E-state index contributed by atoms with van der Waals surface area (Å²) < 4.78 is 5.82. The summed E-state index contributed by atoms with van der Waals surface area (Å²) in [6.07, 6.45) is 4.68. The molecular formula is C19H22N2O2. The summed E-state index contributed by atoms with van der Waals surface area (Å²) in [5, 5.41) is 9.40. The van der Waals surface area contributed by atoms with E-state index in [2.05, 4.69) is 6.92 Å². The lowest BCUT2D eigenvalue weighted by Crippen LogP contribution is -2.44. The van der Waals surface area contributed by atoms with Crippen LogP contribution in [0.1, 0.15) is 31.7 Å². The van der Waals surface area contributed by atoms with Gasteiger partial charge in [0.05, 0.1) is 0 Å². The van der Waals surface area contributed by atoms with Gasteiger partial charge in [-0.15, -0.1) is 0 Å². The summed E-state index contributed by atoms with van der Waals surface area (Å²) in [4.78, 5) is 14.3. The van der Waals surface area contributed by atoms with E-state index in [1.807, 2.05) is 41.3 Å². The number of nitrogens with one attached hydrogen (secondary N) is 1. The fourth-order valence-corrected chi connectivity index (χ4v) is 3.24. The van der Waals surface area contributed by atoms with E-state index < -0.39 is 0 Å². The molecule has 1 unspecified atom stereocenters. The third-order valence-corrected chi connectivity index (χ3v) is 4.55. The molecule has 0 radical (unpaired) electrons. The number of hydrogen-bond donors (Lipinski definition) is 1. The van der Waals surface area contributed by atoms with Gasteiger partial charge in [-0.2, -0.15) is 0 Å². The fraction of sp³-hybridized carbons (Fsp3) is 0.368. The van der Waals surface area contributed by atoms with Crippen molar-refractivity contribution in [2.24, 2.45) is 0 Å². The number of likely N-dealkylation sites (tertiary alicyclic amines) is 1. The molecule has 120 valence electrons. The van der Waals surface area contributed by atoms with Crippen molar-refractivity contribution in [3.8, 4) is 5.75 Å². The molecule has 1 saturated heterocycles. The molecule has 2 aromatic carbocycles. The molecule has 0 spiro atoms. The molecule has 1 fully saturated rings. The molecule has 3 rings (SSSR count). The quantitative estimate of drug-likeness (QED) is 0.877. The average molecular weight is 310 g/mol. The van der Waals surface area contributed by atoms with Crippen LogP contribution in [-0.4, -0.2) is 36.2 Å². The van der Waals surface area contributed by atoms with Gasteiger partial charge in [-0.05, 0) is 43.7 Å². The van der Waals surface area contributed by atoms with Crippen molar-refractivity contribution in [3.05, 3.63) is 42.0 Å². The van der Waals surface area contributed by atoms with Crippen LogP contribution in [0.25, 0.3) is 10.8 Å². The third-order valence-electron chi connectivity index (χ3n) is 4.55. The first kappa shape index (κ1) is 15.5. The van der Waals surface area contributed by atoms with Gasteiger partial charge in [0.25, 0.3) is 5.91 Å². The SMILES string of the molecule is CC1CCCCN1C(=O)COc1ccc(C=N)c2ccccc12. The number of rotatable bonds is 4. The Hall–Kier alpha value is -2.36. The summed E-state index contributed by atoms with van der Waals surface area (Å²) in [7, 11) is 0. The van der Waals surface area contributed by atoms with Gasteiger partial charge in [0.2, 0.25) is 0 Å². The Morgan fingerprint density at radius 3 is 2.78 bits per heavy atom. The Balaban J connectivity index is 1.77. The number of ether oxygens (including phenoxy) is 1. The Morgan fingerprint density at radius 2 is 2.04 bits per heavy atom. The third kappa shape index (κ3) is 3.21. The first-order valence-electron chi connectivity index (χ1n) is 8.15. The van der Waals surface area contributed by atoms with E-state index in [1.165, 1.54) is 12.6 Å². The number of fused-ring (bicyclic) bond motifs is 1. The molecule has 4 nitrogen and oxygen atoms in total. The fourth-order valence-electron chi connectivity index (χ4n) is 3.24. The molecule has 0 bridgehead atoms. The van der Waals surface area contributed by atoms with E-state index >= 15 is 0 Å². The molecule has 1 N–H and O–H groups in total. The highest BCUT2D eigenvalue weighted by Gasteiger charge is 2.23. The number of amides is 1. The average Bonchev–Trinajstić information content (AvgIpc) is 2.59. The van der Waals surface area contributed by atoms with Crippen LogP contribution in [0, 0.1) is 5.41 Å². The van der Waals surface area contributed by atoms with Gasteiger partial charge in [0.1, 0.15) is 5.75 Å². The van der Waals surface area contributed by atoms with Gasteiger partial charge < -0.3 is 15.0 Å². The van der Waals surface area contributed by atoms with Gasteiger partial charge >= 0.3 is 0 Å². The Labute approximate surface area is 136 Å². The van der Waals surface area contributed by atoms with Crippen LogP contribution >= 0.6 is 0 Å². The zero-order valence-electron chi connectivity index (χ0n) is 13.4. The number of piperidine rings is 1. The van der Waals surface area contributed by atoms with Crippen LogP contribution in [0.3, 0.4) is 0 Å². The highest BCUT2D eigenvalue weighted by Crippen LogP contribution is 2.28. The maximum Gasteiger partial charge on any atom is 0.260 e. The number of carbonyl (C=O) groups excluding carboxylic acids is 1. The summed E-state index contributed by atoms with van der Waals surface area (Å²) in [6.45, 7) is 3.00. The Kier molecular flexibility index (Phi) is 4.60. The van der Waals surface area contributed by atoms with E-state index in [0.29, 0.717) is 11.8 Å². The molecule has 23 heavy (non-hydrogen) atoms. The molecule has 0 aromatic heterocycles. The topological polar surface area (TPSA) is 53.4 Å². The maximum atomic E-state index is 12.4. The number of carbonyl (C=O) groups is 1. The second-order valence-electron chi connectivity index (χ2n) is 6.06. The first-order valence-corrected chi connectivity index (χ1v) is 8.15. The standard InChI is InChI=1S/C19H22N2O2/c1-14-6-4-5-11-21(14)19(22)13-23-18-10-9-15(12-20)16-7-2-3-8-17(16)18/h2-3,7-10,12,14,20H,4-6,11,13H2,1H3. The minimum absolute atomic E-state index is 0.0532. The smallest absolute Gasteiger partial charge is 0.260 e. The van der Waals surface area contributed by atoms with E-state index in [4.69, 9.17) is 10.1 Å². The van der Waals surface area contributed by atoms with Crippen molar-refractivity contribution < 1.29 is 9.53 Å². The second kappa shape index (κ2) is 6.82. The predicted molar refractivity (Wildman–Crippen MR) is 92.4 cm³/mol. The first-order chi connectivity index (χ1) is 11.2. The maximum absolute atomic E-state index is 12.4. The minimum Gasteiger partial charge on any atom is -0.483 e. The van der Waals surface area contributed by atoms with Crippen LogP contribution in [-0.2, 0) is 4.79 Å². The highest BCUT2D eigenvalue weighted by molar-refractivity contribution is 6.01. The van der Waals surface area contributed by atoms with Crippen molar-refractivity contribution >= 4 is 22.9 Å². The second-order valence-corrected chi connectivity index (χ2v) is 6.06. The van der Waals surface area contributed by atoms with Crippen LogP contribution < -0.4 is 4.74 Å². The molecular weight excluding hydrogens is 288 g/mol. The normalized spacial score (nSPS) is 18.0. The monoisotopic (exact) mass is 310 g/mol. The number of benzene rings is 2. The van der Waals surface area contributed by atoms with Crippen LogP contribution in [0.15, 0.2) is 36.4 Å². The van der Waals surface area contributed by atoms with Crippen molar-refractivity contribution in [1.82, 2.24) is 4.90 Å². The van der Waals surface area contributed by atoms with E-state index in [0.717, 1.165) is 35.7 Å². The van der Waals surface area contributed by atoms with Crippen molar-refractivity contribution in [1.29, 1.82) is 5.41 Å². The van der Waals surface area contributed by atoms with Crippen molar-refractivity contribution in [2.75, 3.05) is 13.2 Å². The van der Waals surface area contributed by atoms with E-state index in [-0.39, 0.29) is 12.5 Å². The van der Waals surface area contributed by atoms with Crippen LogP contribution in [0.5, 0.6) is 5.75 Å². The molecule has 1 amide bonds. The molecule has 1 atom stereocenters.